The molecule has 7 aromatic rings. The van der Waals surface area contributed by atoms with Gasteiger partial charge in [-0.25, -0.2) is 0 Å². The number of nitrogens with zero attached hydrogens (tertiary/aromatic N) is 1. The summed E-state index contributed by atoms with van der Waals surface area (Å²) in [5, 5.41) is 2.25. The van der Waals surface area contributed by atoms with Gasteiger partial charge in [0.2, 0.25) is 0 Å². The minimum atomic E-state index is -0.0792. The molecule has 41 heavy (non-hydrogen) atoms. The zero-order valence-electron chi connectivity index (χ0n) is 23.1. The Kier molecular flexibility index (Phi) is 5.20. The highest BCUT2D eigenvalue weighted by Crippen LogP contribution is 2.50. The lowest BCUT2D eigenvalue weighted by Gasteiger charge is -2.28. The number of hydrogen-bond acceptors (Lipinski definition) is 2. The average molecular weight is 528 g/mol. The number of hydrogen-bond donors (Lipinski definition) is 0. The van der Waals surface area contributed by atoms with Gasteiger partial charge in [-0.3, -0.25) is 0 Å². The fourth-order valence-corrected chi connectivity index (χ4v) is 6.59. The largest absolute Gasteiger partial charge is 0.456 e. The van der Waals surface area contributed by atoms with Crippen LogP contribution in [0.4, 0.5) is 17.1 Å². The second-order valence-electron chi connectivity index (χ2n) is 11.4. The molecule has 1 aromatic heterocycles. The van der Waals surface area contributed by atoms with Crippen LogP contribution in [0.1, 0.15) is 25.0 Å². The van der Waals surface area contributed by atoms with Crippen molar-refractivity contribution in [3.8, 4) is 22.3 Å². The third-order valence-electron chi connectivity index (χ3n) is 8.66. The van der Waals surface area contributed by atoms with E-state index in [1.54, 1.807) is 0 Å². The smallest absolute Gasteiger partial charge is 0.135 e. The van der Waals surface area contributed by atoms with Crippen LogP contribution >= 0.6 is 0 Å². The van der Waals surface area contributed by atoms with Crippen LogP contribution in [-0.2, 0) is 5.41 Å². The van der Waals surface area contributed by atoms with Crippen LogP contribution in [0, 0.1) is 0 Å². The van der Waals surface area contributed by atoms with Gasteiger partial charge in [0.05, 0.1) is 0 Å². The molecular formula is C39H29NO. The van der Waals surface area contributed by atoms with Crippen LogP contribution in [0.15, 0.2) is 144 Å². The molecule has 196 valence electrons. The van der Waals surface area contributed by atoms with Crippen molar-refractivity contribution < 1.29 is 4.42 Å². The predicted octanol–water partition coefficient (Wildman–Crippen LogP) is 11.0. The molecular weight excluding hydrogens is 498 g/mol. The van der Waals surface area contributed by atoms with Crippen molar-refractivity contribution in [2.45, 2.75) is 19.3 Å². The van der Waals surface area contributed by atoms with E-state index in [9.17, 15) is 0 Å². The molecule has 1 aliphatic carbocycles. The number of benzene rings is 6. The lowest BCUT2D eigenvalue weighted by molar-refractivity contribution is 0.660. The Bertz CT molecular complexity index is 2080. The third-order valence-corrected chi connectivity index (χ3v) is 8.66. The Hall–Kier alpha value is -5.08. The van der Waals surface area contributed by atoms with E-state index in [4.69, 9.17) is 4.42 Å². The fraction of sp³-hybridized carbons (Fsp3) is 0.0769. The van der Waals surface area contributed by atoms with Crippen LogP contribution in [0.5, 0.6) is 0 Å². The van der Waals surface area contributed by atoms with E-state index >= 15 is 0 Å². The SMILES string of the molecule is CC1(C)c2ccccc2-c2ccc(N(c3cccc(-c4ccccc4)c3)c3ccc4oc5ccccc5c4c3)cc21. The Balaban J connectivity index is 1.35. The van der Waals surface area contributed by atoms with Crippen LogP contribution in [0.25, 0.3) is 44.2 Å². The van der Waals surface area contributed by atoms with Gasteiger partial charge in [-0.2, -0.15) is 0 Å². The summed E-state index contributed by atoms with van der Waals surface area (Å²) in [6.45, 7) is 4.68. The molecule has 0 atom stereocenters. The van der Waals surface area contributed by atoms with Gasteiger partial charge in [0, 0.05) is 33.2 Å². The molecule has 2 nitrogen and oxygen atoms in total. The highest BCUT2D eigenvalue weighted by atomic mass is 16.3. The molecule has 0 bridgehead atoms. The lowest BCUT2D eigenvalue weighted by Crippen LogP contribution is -2.16. The Morgan fingerprint density at radius 3 is 2.02 bits per heavy atom. The minimum Gasteiger partial charge on any atom is -0.456 e. The zero-order valence-corrected chi connectivity index (χ0v) is 23.1. The van der Waals surface area contributed by atoms with E-state index in [-0.39, 0.29) is 5.41 Å². The maximum absolute atomic E-state index is 6.18. The molecule has 0 radical (unpaired) electrons. The quantitative estimate of drug-likeness (QED) is 0.226. The highest BCUT2D eigenvalue weighted by molar-refractivity contribution is 6.06. The summed E-state index contributed by atoms with van der Waals surface area (Å²) in [5.74, 6) is 0. The van der Waals surface area contributed by atoms with Crippen LogP contribution in [-0.4, -0.2) is 0 Å². The van der Waals surface area contributed by atoms with Crippen molar-refractivity contribution in [3.63, 3.8) is 0 Å². The van der Waals surface area contributed by atoms with Crippen molar-refractivity contribution >= 4 is 39.0 Å². The summed E-state index contributed by atoms with van der Waals surface area (Å²) in [6.07, 6.45) is 0. The predicted molar refractivity (Wildman–Crippen MR) is 171 cm³/mol. The number of furan rings is 1. The number of rotatable bonds is 4. The summed E-state index contributed by atoms with van der Waals surface area (Å²) in [5.41, 5.74) is 12.9. The summed E-state index contributed by atoms with van der Waals surface area (Å²) >= 11 is 0. The van der Waals surface area contributed by atoms with Gasteiger partial charge in [0.25, 0.3) is 0 Å². The third kappa shape index (κ3) is 3.72. The number of para-hydroxylation sites is 1. The Labute approximate surface area is 240 Å². The Morgan fingerprint density at radius 2 is 1.12 bits per heavy atom. The van der Waals surface area contributed by atoms with E-state index in [2.05, 4.69) is 146 Å². The van der Waals surface area contributed by atoms with E-state index in [0.717, 1.165) is 39.0 Å². The van der Waals surface area contributed by atoms with Gasteiger partial charge in [-0.15, -0.1) is 0 Å². The topological polar surface area (TPSA) is 16.4 Å². The van der Waals surface area contributed by atoms with Gasteiger partial charge in [0.15, 0.2) is 0 Å². The summed E-state index contributed by atoms with van der Waals surface area (Å²) in [4.78, 5) is 2.38. The molecule has 0 fully saturated rings. The standard InChI is InChI=1S/C39H29NO/c1-39(2)35-17-8-6-15-31(35)32-21-19-30(25-36(32)39)40(28-14-10-13-27(23-28)26-11-4-3-5-12-26)29-20-22-38-34(24-29)33-16-7-9-18-37(33)41-38/h3-25H,1-2H3. The van der Waals surface area contributed by atoms with Gasteiger partial charge in [0.1, 0.15) is 11.2 Å². The maximum Gasteiger partial charge on any atom is 0.135 e. The molecule has 0 aliphatic heterocycles. The minimum absolute atomic E-state index is 0.0792. The van der Waals surface area contributed by atoms with Gasteiger partial charge in [-0.05, 0) is 81.9 Å². The molecule has 8 rings (SSSR count). The second-order valence-corrected chi connectivity index (χ2v) is 11.4. The molecule has 6 aromatic carbocycles. The van der Waals surface area contributed by atoms with E-state index < -0.39 is 0 Å². The highest BCUT2D eigenvalue weighted by Gasteiger charge is 2.35. The van der Waals surface area contributed by atoms with Gasteiger partial charge < -0.3 is 9.32 Å². The van der Waals surface area contributed by atoms with Crippen molar-refractivity contribution in [2.24, 2.45) is 0 Å². The average Bonchev–Trinajstić information content (AvgIpc) is 3.50. The van der Waals surface area contributed by atoms with E-state index in [1.807, 2.05) is 12.1 Å². The van der Waals surface area contributed by atoms with Crippen LogP contribution < -0.4 is 4.90 Å². The monoisotopic (exact) mass is 527 g/mol. The first kappa shape index (κ1) is 23.8. The van der Waals surface area contributed by atoms with E-state index in [0.29, 0.717) is 0 Å². The summed E-state index contributed by atoms with van der Waals surface area (Å²) in [7, 11) is 0. The summed E-state index contributed by atoms with van der Waals surface area (Å²) in [6, 6.07) is 50.0. The fourth-order valence-electron chi connectivity index (χ4n) is 6.59. The van der Waals surface area contributed by atoms with Gasteiger partial charge >= 0.3 is 0 Å². The Morgan fingerprint density at radius 1 is 0.463 bits per heavy atom. The molecule has 0 saturated carbocycles. The molecule has 0 amide bonds. The number of anilines is 3. The number of fused-ring (bicyclic) bond motifs is 6. The van der Waals surface area contributed by atoms with Crippen LogP contribution in [0.2, 0.25) is 0 Å². The van der Waals surface area contributed by atoms with Crippen molar-refractivity contribution in [2.75, 3.05) is 4.90 Å². The molecule has 0 spiro atoms. The molecule has 0 unspecified atom stereocenters. The zero-order chi connectivity index (χ0) is 27.6. The molecule has 0 saturated heterocycles. The first-order valence-corrected chi connectivity index (χ1v) is 14.2. The van der Waals surface area contributed by atoms with Crippen molar-refractivity contribution in [1.82, 2.24) is 0 Å². The van der Waals surface area contributed by atoms with E-state index in [1.165, 1.54) is 33.4 Å². The van der Waals surface area contributed by atoms with Crippen molar-refractivity contribution in [3.05, 3.63) is 151 Å². The van der Waals surface area contributed by atoms with Crippen molar-refractivity contribution in [1.29, 1.82) is 0 Å². The lowest BCUT2D eigenvalue weighted by atomic mass is 9.82. The molecule has 2 heteroatoms. The second kappa shape index (κ2) is 8.97. The van der Waals surface area contributed by atoms with Gasteiger partial charge in [-0.1, -0.05) is 105 Å². The molecule has 1 heterocycles. The first-order valence-electron chi connectivity index (χ1n) is 14.2. The first-order chi connectivity index (χ1) is 20.1. The van der Waals surface area contributed by atoms with Crippen LogP contribution in [0.3, 0.4) is 0 Å². The normalized spacial score (nSPS) is 13.3. The maximum atomic E-state index is 6.18. The molecule has 0 N–H and O–H groups in total. The summed E-state index contributed by atoms with van der Waals surface area (Å²) < 4.78 is 6.18. The molecule has 1 aliphatic rings.